The molecule has 0 radical (unpaired) electrons. The summed E-state index contributed by atoms with van der Waals surface area (Å²) in [7, 11) is 0. The Kier molecular flexibility index (Phi) is 11.9. The number of unbranched alkanes of at least 4 members (excludes halogenated alkanes) is 8. The highest BCUT2D eigenvalue weighted by Gasteiger charge is 2.18. The summed E-state index contributed by atoms with van der Waals surface area (Å²) in [5, 5.41) is 18.8. The van der Waals surface area contributed by atoms with Crippen molar-refractivity contribution in [3.8, 4) is 0 Å². The Morgan fingerprint density at radius 2 is 1.17 bits per heavy atom. The number of rotatable bonds is 13. The molecular weight excluding hydrogens is 224 g/mol. The predicted octanol–water partition coefficient (Wildman–Crippen LogP) is 4.43. The fourth-order valence-corrected chi connectivity index (χ4v) is 2.40. The van der Waals surface area contributed by atoms with Crippen LogP contribution in [0.1, 0.15) is 90.9 Å². The summed E-state index contributed by atoms with van der Waals surface area (Å²) in [6.07, 6.45) is 14.2. The van der Waals surface area contributed by atoms with E-state index < -0.39 is 5.60 Å². The number of hydrogen-bond acceptors (Lipinski definition) is 2. The van der Waals surface area contributed by atoms with Gasteiger partial charge in [-0.05, 0) is 26.2 Å². The first kappa shape index (κ1) is 17.9. The van der Waals surface area contributed by atoms with Gasteiger partial charge in [-0.1, -0.05) is 64.7 Å². The Labute approximate surface area is 114 Å². The van der Waals surface area contributed by atoms with Crippen LogP contribution in [0, 0.1) is 0 Å². The average Bonchev–Trinajstić information content (AvgIpc) is 2.34. The zero-order valence-electron chi connectivity index (χ0n) is 12.6. The van der Waals surface area contributed by atoms with Gasteiger partial charge in [-0.15, -0.1) is 0 Å². The maximum atomic E-state index is 10.0. The summed E-state index contributed by atoms with van der Waals surface area (Å²) in [5.74, 6) is 0. The van der Waals surface area contributed by atoms with Crippen molar-refractivity contribution >= 4 is 0 Å². The molecule has 0 heterocycles. The summed E-state index contributed by atoms with van der Waals surface area (Å²) in [5.41, 5.74) is -0.566. The van der Waals surface area contributed by atoms with Gasteiger partial charge in [0.2, 0.25) is 0 Å². The van der Waals surface area contributed by atoms with E-state index in [2.05, 4.69) is 6.92 Å². The summed E-state index contributed by atoms with van der Waals surface area (Å²) < 4.78 is 0. The molecule has 0 bridgehead atoms. The van der Waals surface area contributed by atoms with Crippen LogP contribution >= 0.6 is 0 Å². The number of aliphatic hydroxyl groups is 2. The fraction of sp³-hybridized carbons (Fsp3) is 1.00. The summed E-state index contributed by atoms with van der Waals surface area (Å²) in [6, 6.07) is 0. The number of aliphatic hydroxyl groups excluding tert-OH is 1. The molecule has 0 aromatic carbocycles. The van der Waals surface area contributed by atoms with E-state index in [9.17, 15) is 5.11 Å². The van der Waals surface area contributed by atoms with E-state index in [-0.39, 0.29) is 6.61 Å². The normalized spacial score (nSPS) is 14.7. The predicted molar refractivity (Wildman–Crippen MR) is 78.8 cm³/mol. The van der Waals surface area contributed by atoms with Gasteiger partial charge >= 0.3 is 0 Å². The second-order valence-electron chi connectivity index (χ2n) is 5.90. The highest BCUT2D eigenvalue weighted by molar-refractivity contribution is 4.71. The Balaban J connectivity index is 3.23. The lowest BCUT2D eigenvalue weighted by atomic mass is 9.93. The molecule has 1 unspecified atom stereocenters. The van der Waals surface area contributed by atoms with E-state index in [0.29, 0.717) is 6.42 Å². The van der Waals surface area contributed by atoms with Crippen molar-refractivity contribution in [2.45, 2.75) is 96.5 Å². The Morgan fingerprint density at radius 1 is 0.722 bits per heavy atom. The van der Waals surface area contributed by atoms with Gasteiger partial charge in [0, 0.05) is 6.61 Å². The highest BCUT2D eigenvalue weighted by Crippen LogP contribution is 2.20. The van der Waals surface area contributed by atoms with Crippen molar-refractivity contribution in [2.24, 2.45) is 0 Å². The zero-order valence-corrected chi connectivity index (χ0v) is 12.6. The molecule has 2 heteroatoms. The van der Waals surface area contributed by atoms with Crippen LogP contribution < -0.4 is 0 Å². The van der Waals surface area contributed by atoms with Gasteiger partial charge in [0.15, 0.2) is 0 Å². The maximum absolute atomic E-state index is 10.0. The minimum absolute atomic E-state index is 0.188. The minimum Gasteiger partial charge on any atom is -0.396 e. The van der Waals surface area contributed by atoms with Crippen molar-refractivity contribution in [1.29, 1.82) is 0 Å². The van der Waals surface area contributed by atoms with Gasteiger partial charge in [0.05, 0.1) is 5.60 Å². The molecule has 0 aromatic heterocycles. The fourth-order valence-electron chi connectivity index (χ4n) is 2.40. The topological polar surface area (TPSA) is 40.5 Å². The first-order valence-electron chi connectivity index (χ1n) is 7.95. The smallest absolute Gasteiger partial charge is 0.0620 e. The quantitative estimate of drug-likeness (QED) is 0.480. The lowest BCUT2D eigenvalue weighted by Crippen LogP contribution is -2.24. The summed E-state index contributed by atoms with van der Waals surface area (Å²) >= 11 is 0. The average molecular weight is 258 g/mol. The van der Waals surface area contributed by atoms with Crippen molar-refractivity contribution < 1.29 is 10.2 Å². The SMILES string of the molecule is CCCCCCCCCCCC(C)(O)CCCO. The molecule has 18 heavy (non-hydrogen) atoms. The molecule has 0 aliphatic heterocycles. The summed E-state index contributed by atoms with van der Waals surface area (Å²) in [6.45, 7) is 4.34. The van der Waals surface area contributed by atoms with E-state index in [1.54, 1.807) is 0 Å². The van der Waals surface area contributed by atoms with Gasteiger partial charge in [-0.3, -0.25) is 0 Å². The monoisotopic (exact) mass is 258 g/mol. The molecule has 1 atom stereocenters. The molecular formula is C16H34O2. The van der Waals surface area contributed by atoms with Crippen LogP contribution in [0.4, 0.5) is 0 Å². The zero-order chi connectivity index (χ0) is 13.7. The van der Waals surface area contributed by atoms with E-state index >= 15 is 0 Å². The molecule has 0 saturated carbocycles. The molecule has 0 rings (SSSR count). The van der Waals surface area contributed by atoms with Gasteiger partial charge in [-0.25, -0.2) is 0 Å². The first-order valence-corrected chi connectivity index (χ1v) is 7.95. The molecule has 2 N–H and O–H groups in total. The lowest BCUT2D eigenvalue weighted by molar-refractivity contribution is 0.0326. The Morgan fingerprint density at radius 3 is 1.67 bits per heavy atom. The molecule has 0 fully saturated rings. The molecule has 0 aliphatic rings. The molecule has 2 nitrogen and oxygen atoms in total. The van der Waals surface area contributed by atoms with E-state index in [4.69, 9.17) is 5.11 Å². The van der Waals surface area contributed by atoms with Gasteiger partial charge in [0.1, 0.15) is 0 Å². The van der Waals surface area contributed by atoms with Gasteiger partial charge < -0.3 is 10.2 Å². The summed E-state index contributed by atoms with van der Waals surface area (Å²) in [4.78, 5) is 0. The molecule has 0 saturated heterocycles. The second kappa shape index (κ2) is 12.0. The third-order valence-corrected chi connectivity index (χ3v) is 3.69. The highest BCUT2D eigenvalue weighted by atomic mass is 16.3. The Bertz CT molecular complexity index is 166. The number of hydrogen-bond donors (Lipinski definition) is 2. The van der Waals surface area contributed by atoms with Crippen LogP contribution in [-0.4, -0.2) is 22.4 Å². The van der Waals surface area contributed by atoms with E-state index in [0.717, 1.165) is 19.3 Å². The third-order valence-electron chi connectivity index (χ3n) is 3.69. The molecule has 0 aliphatic carbocycles. The molecule has 0 aromatic rings. The largest absolute Gasteiger partial charge is 0.396 e. The van der Waals surface area contributed by atoms with E-state index in [1.807, 2.05) is 6.92 Å². The Hall–Kier alpha value is -0.0800. The minimum atomic E-state index is -0.566. The third kappa shape index (κ3) is 12.4. The molecule has 0 amide bonds. The van der Waals surface area contributed by atoms with Crippen LogP contribution in [-0.2, 0) is 0 Å². The van der Waals surface area contributed by atoms with Gasteiger partial charge in [0.25, 0.3) is 0 Å². The van der Waals surface area contributed by atoms with Crippen molar-refractivity contribution in [3.63, 3.8) is 0 Å². The first-order chi connectivity index (χ1) is 8.62. The second-order valence-corrected chi connectivity index (χ2v) is 5.90. The molecule has 110 valence electrons. The van der Waals surface area contributed by atoms with Gasteiger partial charge in [-0.2, -0.15) is 0 Å². The standard InChI is InChI=1S/C16H34O2/c1-3-4-5-6-7-8-9-10-11-13-16(2,18)14-12-15-17/h17-18H,3-15H2,1-2H3. The van der Waals surface area contributed by atoms with Crippen LogP contribution in [0.5, 0.6) is 0 Å². The van der Waals surface area contributed by atoms with Crippen molar-refractivity contribution in [3.05, 3.63) is 0 Å². The van der Waals surface area contributed by atoms with Crippen molar-refractivity contribution in [2.75, 3.05) is 6.61 Å². The van der Waals surface area contributed by atoms with Crippen LogP contribution in [0.2, 0.25) is 0 Å². The van der Waals surface area contributed by atoms with E-state index in [1.165, 1.54) is 51.4 Å². The lowest BCUT2D eigenvalue weighted by Gasteiger charge is -2.22. The van der Waals surface area contributed by atoms with Crippen molar-refractivity contribution in [1.82, 2.24) is 0 Å². The maximum Gasteiger partial charge on any atom is 0.0620 e. The van der Waals surface area contributed by atoms with Crippen LogP contribution in [0.25, 0.3) is 0 Å². The van der Waals surface area contributed by atoms with Crippen LogP contribution in [0.15, 0.2) is 0 Å². The van der Waals surface area contributed by atoms with Crippen LogP contribution in [0.3, 0.4) is 0 Å². The molecule has 0 spiro atoms.